The molecule has 0 atom stereocenters. The zero-order valence-corrected chi connectivity index (χ0v) is 11.9. The van der Waals surface area contributed by atoms with E-state index in [0.29, 0.717) is 19.0 Å². The van der Waals surface area contributed by atoms with Gasteiger partial charge in [-0.05, 0) is 12.1 Å². The monoisotopic (exact) mass is 299 g/mol. The summed E-state index contributed by atoms with van der Waals surface area (Å²) in [6, 6.07) is 5.76. The Morgan fingerprint density at radius 3 is 2.68 bits per heavy atom. The molecule has 0 saturated carbocycles. The molecule has 0 bridgehead atoms. The van der Waals surface area contributed by atoms with E-state index < -0.39 is 9.84 Å². The SMILES string of the molecule is O=S1(=O)CCN(c2nc3ccccn3c2CCl)CC1. The molecule has 0 spiro atoms. The van der Waals surface area contributed by atoms with Gasteiger partial charge in [0.1, 0.15) is 5.65 Å². The first-order valence-corrected chi connectivity index (χ1v) is 8.43. The number of sulfone groups is 1. The Balaban J connectivity index is 2.01. The minimum absolute atomic E-state index is 0.183. The first-order valence-electron chi connectivity index (χ1n) is 6.08. The number of anilines is 1. The molecule has 0 N–H and O–H groups in total. The molecule has 2 aromatic rings. The summed E-state index contributed by atoms with van der Waals surface area (Å²) in [4.78, 5) is 6.57. The van der Waals surface area contributed by atoms with E-state index in [-0.39, 0.29) is 11.5 Å². The Bertz CT molecular complexity index is 697. The summed E-state index contributed by atoms with van der Waals surface area (Å²) < 4.78 is 24.9. The predicted molar refractivity (Wildman–Crippen MR) is 75.6 cm³/mol. The molecule has 2 aromatic heterocycles. The Labute approximate surface area is 116 Å². The van der Waals surface area contributed by atoms with Crippen LogP contribution in [0.25, 0.3) is 5.65 Å². The van der Waals surface area contributed by atoms with Crippen molar-refractivity contribution < 1.29 is 8.42 Å². The third-order valence-electron chi connectivity index (χ3n) is 3.38. The number of alkyl halides is 1. The summed E-state index contributed by atoms with van der Waals surface area (Å²) in [5.74, 6) is 1.52. The van der Waals surface area contributed by atoms with Crippen molar-refractivity contribution >= 4 is 32.9 Å². The Morgan fingerprint density at radius 1 is 1.26 bits per heavy atom. The predicted octanol–water partition coefficient (Wildman–Crippen LogP) is 1.31. The Morgan fingerprint density at radius 2 is 2.00 bits per heavy atom. The molecule has 7 heteroatoms. The van der Waals surface area contributed by atoms with Gasteiger partial charge in [-0.1, -0.05) is 6.07 Å². The van der Waals surface area contributed by atoms with Gasteiger partial charge in [-0.2, -0.15) is 0 Å². The number of aromatic nitrogens is 2. The number of hydrogen-bond acceptors (Lipinski definition) is 4. The van der Waals surface area contributed by atoms with E-state index in [4.69, 9.17) is 11.6 Å². The highest BCUT2D eigenvalue weighted by molar-refractivity contribution is 7.91. The zero-order chi connectivity index (χ0) is 13.5. The molecule has 5 nitrogen and oxygen atoms in total. The van der Waals surface area contributed by atoms with Crippen molar-refractivity contribution in [2.24, 2.45) is 0 Å². The summed E-state index contributed by atoms with van der Waals surface area (Å²) in [6.45, 7) is 0.964. The molecule has 1 aliphatic heterocycles. The fourth-order valence-corrected chi connectivity index (χ4v) is 3.79. The van der Waals surface area contributed by atoms with Gasteiger partial charge in [-0.15, -0.1) is 11.6 Å². The van der Waals surface area contributed by atoms with Crippen molar-refractivity contribution in [1.29, 1.82) is 0 Å². The average molecular weight is 300 g/mol. The second-order valence-electron chi connectivity index (χ2n) is 4.58. The molecule has 0 unspecified atom stereocenters. The maximum absolute atomic E-state index is 11.5. The van der Waals surface area contributed by atoms with Crippen LogP contribution in [0.15, 0.2) is 24.4 Å². The molecule has 0 radical (unpaired) electrons. The molecule has 3 heterocycles. The van der Waals surface area contributed by atoms with Gasteiger partial charge in [0.05, 0.1) is 23.1 Å². The molecule has 0 amide bonds. The van der Waals surface area contributed by atoms with Crippen molar-refractivity contribution in [2.45, 2.75) is 5.88 Å². The van der Waals surface area contributed by atoms with Gasteiger partial charge in [-0.3, -0.25) is 0 Å². The summed E-state index contributed by atoms with van der Waals surface area (Å²) in [5.41, 5.74) is 1.75. The van der Waals surface area contributed by atoms with Gasteiger partial charge in [0.25, 0.3) is 0 Å². The minimum Gasteiger partial charge on any atom is -0.353 e. The first kappa shape index (κ1) is 12.7. The average Bonchev–Trinajstić information content (AvgIpc) is 2.77. The minimum atomic E-state index is -2.88. The first-order chi connectivity index (χ1) is 9.11. The number of nitrogens with zero attached hydrogens (tertiary/aromatic N) is 3. The maximum atomic E-state index is 11.5. The number of pyridine rings is 1. The summed E-state index contributed by atoms with van der Waals surface area (Å²) >= 11 is 6.02. The number of halogens is 1. The van der Waals surface area contributed by atoms with Gasteiger partial charge in [0.2, 0.25) is 0 Å². The Kier molecular flexibility index (Phi) is 3.14. The van der Waals surface area contributed by atoms with E-state index >= 15 is 0 Å². The van der Waals surface area contributed by atoms with E-state index in [0.717, 1.165) is 17.2 Å². The van der Waals surface area contributed by atoms with E-state index in [1.165, 1.54) is 0 Å². The molecule has 1 aliphatic rings. The van der Waals surface area contributed by atoms with Crippen LogP contribution in [0.1, 0.15) is 5.69 Å². The fraction of sp³-hybridized carbons (Fsp3) is 0.417. The largest absolute Gasteiger partial charge is 0.353 e. The topological polar surface area (TPSA) is 54.7 Å². The molecule has 1 fully saturated rings. The lowest BCUT2D eigenvalue weighted by atomic mass is 10.4. The van der Waals surface area contributed by atoms with Crippen LogP contribution in [0.3, 0.4) is 0 Å². The van der Waals surface area contributed by atoms with Crippen molar-refractivity contribution in [2.75, 3.05) is 29.5 Å². The van der Waals surface area contributed by atoms with E-state index in [1.54, 1.807) is 0 Å². The number of rotatable bonds is 2. The van der Waals surface area contributed by atoms with Gasteiger partial charge in [0, 0.05) is 19.3 Å². The third-order valence-corrected chi connectivity index (χ3v) is 5.24. The fourth-order valence-electron chi connectivity index (χ4n) is 2.34. The number of imidazole rings is 1. The second-order valence-corrected chi connectivity index (χ2v) is 7.15. The van der Waals surface area contributed by atoms with Gasteiger partial charge >= 0.3 is 0 Å². The molecule has 19 heavy (non-hydrogen) atoms. The van der Waals surface area contributed by atoms with Crippen molar-refractivity contribution in [3.8, 4) is 0 Å². The van der Waals surface area contributed by atoms with Gasteiger partial charge in [-0.25, -0.2) is 13.4 Å². The summed E-state index contributed by atoms with van der Waals surface area (Å²) in [7, 11) is -2.88. The third kappa shape index (κ3) is 2.30. The van der Waals surface area contributed by atoms with Crippen LogP contribution in [0.2, 0.25) is 0 Å². The molecule has 0 aromatic carbocycles. The Hall–Kier alpha value is -1.27. The van der Waals surface area contributed by atoms with Crippen LogP contribution < -0.4 is 4.90 Å². The van der Waals surface area contributed by atoms with Gasteiger partial charge in [0.15, 0.2) is 15.7 Å². The van der Waals surface area contributed by atoms with Gasteiger partial charge < -0.3 is 9.30 Å². The van der Waals surface area contributed by atoms with Crippen LogP contribution >= 0.6 is 11.6 Å². The number of fused-ring (bicyclic) bond motifs is 1. The van der Waals surface area contributed by atoms with E-state index in [1.807, 2.05) is 33.7 Å². The summed E-state index contributed by atoms with van der Waals surface area (Å²) in [5, 5.41) is 0. The molecule has 3 rings (SSSR count). The highest BCUT2D eigenvalue weighted by Crippen LogP contribution is 2.24. The zero-order valence-electron chi connectivity index (χ0n) is 10.3. The standard InChI is InChI=1S/C12H14ClN3O2S/c13-9-10-12(14-11-3-1-2-4-16(10)11)15-5-7-19(17,18)8-6-15/h1-4H,5-9H2. The number of hydrogen-bond donors (Lipinski definition) is 0. The molecule has 102 valence electrons. The lowest BCUT2D eigenvalue weighted by Gasteiger charge is -2.27. The second kappa shape index (κ2) is 4.68. The lowest BCUT2D eigenvalue weighted by Crippen LogP contribution is -2.40. The smallest absolute Gasteiger partial charge is 0.153 e. The summed E-state index contributed by atoms with van der Waals surface area (Å²) in [6.07, 6.45) is 1.92. The molecular formula is C12H14ClN3O2S. The molecular weight excluding hydrogens is 286 g/mol. The highest BCUT2D eigenvalue weighted by atomic mass is 35.5. The van der Waals surface area contributed by atoms with Crippen LogP contribution in [0.5, 0.6) is 0 Å². The van der Waals surface area contributed by atoms with Crippen molar-refractivity contribution in [1.82, 2.24) is 9.38 Å². The van der Waals surface area contributed by atoms with Crippen LogP contribution in [0, 0.1) is 0 Å². The van der Waals surface area contributed by atoms with E-state index in [9.17, 15) is 8.42 Å². The van der Waals surface area contributed by atoms with E-state index in [2.05, 4.69) is 4.98 Å². The van der Waals surface area contributed by atoms with Crippen LogP contribution in [-0.2, 0) is 15.7 Å². The molecule has 0 aliphatic carbocycles. The highest BCUT2D eigenvalue weighted by Gasteiger charge is 2.25. The normalized spacial score (nSPS) is 18.9. The van der Waals surface area contributed by atoms with Crippen LogP contribution in [-0.4, -0.2) is 42.4 Å². The quantitative estimate of drug-likeness (QED) is 0.785. The van der Waals surface area contributed by atoms with Crippen molar-refractivity contribution in [3.63, 3.8) is 0 Å². The lowest BCUT2D eigenvalue weighted by molar-refractivity contribution is 0.586. The maximum Gasteiger partial charge on any atom is 0.153 e. The molecule has 1 saturated heterocycles. The van der Waals surface area contributed by atoms with Crippen LogP contribution in [0.4, 0.5) is 5.82 Å². The van der Waals surface area contributed by atoms with Crippen molar-refractivity contribution in [3.05, 3.63) is 30.1 Å².